The van der Waals surface area contributed by atoms with Crippen LogP contribution in [0.1, 0.15) is 34.3 Å². The van der Waals surface area contributed by atoms with Gasteiger partial charge in [0.1, 0.15) is 0 Å². The second kappa shape index (κ2) is 8.23. The molecule has 0 radical (unpaired) electrons. The van der Waals surface area contributed by atoms with Crippen LogP contribution in [0.5, 0.6) is 0 Å². The van der Waals surface area contributed by atoms with Crippen LogP contribution in [0.15, 0.2) is 54.6 Å². The van der Waals surface area contributed by atoms with E-state index in [1.54, 1.807) is 0 Å². The third kappa shape index (κ3) is 4.05. The number of aryl methyl sites for hydroxylation is 2. The Balaban J connectivity index is 0.00000150. The van der Waals surface area contributed by atoms with E-state index in [1.807, 2.05) is 50.2 Å². The Bertz CT molecular complexity index is 1000. The second-order valence-corrected chi connectivity index (χ2v) is 7.01. The van der Waals surface area contributed by atoms with Crippen LogP contribution in [0.4, 0.5) is 5.69 Å². The first-order chi connectivity index (χ1) is 13.1. The average molecular weight is 377 g/mol. The smallest absolute Gasteiger partial charge is 0.251 e. The van der Waals surface area contributed by atoms with E-state index < -0.39 is 0 Å². The molecule has 4 N–H and O–H groups in total. The molecule has 2 aromatic carbocycles. The zero-order chi connectivity index (χ0) is 18.8. The number of nitrogens with one attached hydrogen (secondary N) is 2. The minimum atomic E-state index is -0.0697. The fourth-order valence-corrected chi connectivity index (χ4v) is 3.48. The molecule has 5 heteroatoms. The van der Waals surface area contributed by atoms with Gasteiger partial charge in [0.25, 0.3) is 5.91 Å². The summed E-state index contributed by atoms with van der Waals surface area (Å²) in [4.78, 5) is 16.9. The Labute approximate surface area is 166 Å². The highest BCUT2D eigenvalue weighted by Gasteiger charge is 2.11. The summed E-state index contributed by atoms with van der Waals surface area (Å²) in [5.41, 5.74) is 8.55. The number of hydrogen-bond acceptors (Lipinski definition) is 3. The van der Waals surface area contributed by atoms with E-state index in [0.29, 0.717) is 12.1 Å². The lowest BCUT2D eigenvalue weighted by molar-refractivity contribution is 0.0951. The van der Waals surface area contributed by atoms with Crippen molar-refractivity contribution >= 4 is 11.6 Å². The molecule has 0 spiro atoms. The Hall–Kier alpha value is -3.18. The zero-order valence-electron chi connectivity index (χ0n) is 16.2. The van der Waals surface area contributed by atoms with Crippen molar-refractivity contribution in [2.24, 2.45) is 0 Å². The molecule has 4 rings (SSSR count). The van der Waals surface area contributed by atoms with Gasteiger partial charge in [-0.1, -0.05) is 24.3 Å². The number of amides is 1. The molecule has 2 heterocycles. The van der Waals surface area contributed by atoms with Crippen molar-refractivity contribution < 1.29 is 11.7 Å². The standard InChI is InChI=1S/C23H23N3O.H2O.H2/c1-15-3-4-21(16(2)26-15)14-25-23(27)18-7-5-17(6-8-18)19-9-10-22-20(13-19)11-12-24-22;;/h3-10,13,24H,11-12,14H2,1-2H3,(H,25,27);1H2;1H. The molecule has 0 saturated heterocycles. The first-order valence-corrected chi connectivity index (χ1v) is 9.29. The summed E-state index contributed by atoms with van der Waals surface area (Å²) < 4.78 is 0. The SMILES string of the molecule is Cc1ccc(CNC(=O)c2ccc(-c3ccc4c(c3)CCN4)cc2)c(C)n1.O.[HH]. The van der Waals surface area contributed by atoms with Crippen molar-refractivity contribution in [1.82, 2.24) is 10.3 Å². The van der Waals surface area contributed by atoms with Crippen LogP contribution in [0.2, 0.25) is 0 Å². The molecule has 28 heavy (non-hydrogen) atoms. The third-order valence-corrected chi connectivity index (χ3v) is 5.07. The van der Waals surface area contributed by atoms with Crippen LogP contribution in [-0.4, -0.2) is 22.9 Å². The Morgan fingerprint density at radius 3 is 2.57 bits per heavy atom. The molecular formula is C23H27N3O2. The Kier molecular flexibility index (Phi) is 5.76. The molecule has 0 aliphatic carbocycles. The minimum Gasteiger partial charge on any atom is -0.412 e. The third-order valence-electron chi connectivity index (χ3n) is 5.07. The van der Waals surface area contributed by atoms with Gasteiger partial charge in [0.05, 0.1) is 0 Å². The zero-order valence-corrected chi connectivity index (χ0v) is 16.2. The molecule has 5 nitrogen and oxygen atoms in total. The molecule has 1 aromatic heterocycles. The van der Waals surface area contributed by atoms with Gasteiger partial charge in [-0.15, -0.1) is 0 Å². The van der Waals surface area contributed by atoms with E-state index in [9.17, 15) is 4.79 Å². The maximum absolute atomic E-state index is 12.5. The van der Waals surface area contributed by atoms with Crippen molar-refractivity contribution in [3.8, 4) is 11.1 Å². The summed E-state index contributed by atoms with van der Waals surface area (Å²) in [6.07, 6.45) is 1.07. The maximum atomic E-state index is 12.5. The molecule has 1 aliphatic heterocycles. The summed E-state index contributed by atoms with van der Waals surface area (Å²) in [6, 6.07) is 18.3. The van der Waals surface area contributed by atoms with Gasteiger partial charge < -0.3 is 16.1 Å². The number of carbonyl (C=O) groups excluding carboxylic acids is 1. The number of anilines is 1. The van der Waals surface area contributed by atoms with Gasteiger partial charge in [0.15, 0.2) is 0 Å². The topological polar surface area (TPSA) is 85.5 Å². The quantitative estimate of drug-likeness (QED) is 0.727. The summed E-state index contributed by atoms with van der Waals surface area (Å²) in [5, 5.41) is 6.36. The summed E-state index contributed by atoms with van der Waals surface area (Å²) in [6.45, 7) is 5.43. The lowest BCUT2D eigenvalue weighted by Crippen LogP contribution is -2.23. The largest absolute Gasteiger partial charge is 0.412 e. The van der Waals surface area contributed by atoms with Gasteiger partial charge in [-0.2, -0.15) is 0 Å². The fraction of sp³-hybridized carbons (Fsp3) is 0.217. The van der Waals surface area contributed by atoms with Gasteiger partial charge in [0, 0.05) is 37.2 Å². The number of benzene rings is 2. The fourth-order valence-electron chi connectivity index (χ4n) is 3.48. The van der Waals surface area contributed by atoms with Gasteiger partial charge in [-0.05, 0) is 72.9 Å². The van der Waals surface area contributed by atoms with Gasteiger partial charge in [-0.3, -0.25) is 9.78 Å². The van der Waals surface area contributed by atoms with Crippen LogP contribution in [0.25, 0.3) is 11.1 Å². The van der Waals surface area contributed by atoms with E-state index in [-0.39, 0.29) is 12.8 Å². The highest BCUT2D eigenvalue weighted by Crippen LogP contribution is 2.28. The number of aromatic nitrogens is 1. The molecule has 3 aromatic rings. The maximum Gasteiger partial charge on any atom is 0.251 e. The van der Waals surface area contributed by atoms with E-state index >= 15 is 0 Å². The van der Waals surface area contributed by atoms with Gasteiger partial charge >= 0.3 is 0 Å². The number of pyridine rings is 1. The van der Waals surface area contributed by atoms with Gasteiger partial charge in [0.2, 0.25) is 0 Å². The van der Waals surface area contributed by atoms with E-state index in [4.69, 9.17) is 0 Å². The molecule has 0 atom stereocenters. The van der Waals surface area contributed by atoms with Crippen LogP contribution < -0.4 is 10.6 Å². The lowest BCUT2D eigenvalue weighted by atomic mass is 10.0. The number of rotatable bonds is 4. The van der Waals surface area contributed by atoms with Crippen LogP contribution in [0, 0.1) is 13.8 Å². The molecule has 1 amide bonds. The monoisotopic (exact) mass is 377 g/mol. The van der Waals surface area contributed by atoms with Crippen molar-refractivity contribution in [2.45, 2.75) is 26.8 Å². The van der Waals surface area contributed by atoms with E-state index in [0.717, 1.165) is 35.5 Å². The molecular weight excluding hydrogens is 350 g/mol. The normalized spacial score (nSPS) is 11.9. The Morgan fingerprint density at radius 1 is 1.07 bits per heavy atom. The predicted molar refractivity (Wildman–Crippen MR) is 115 cm³/mol. The Morgan fingerprint density at radius 2 is 1.82 bits per heavy atom. The average Bonchev–Trinajstić information content (AvgIpc) is 3.15. The van der Waals surface area contributed by atoms with Crippen LogP contribution in [0.3, 0.4) is 0 Å². The summed E-state index contributed by atoms with van der Waals surface area (Å²) >= 11 is 0. The lowest BCUT2D eigenvalue weighted by Gasteiger charge is -2.09. The molecule has 0 saturated carbocycles. The van der Waals surface area contributed by atoms with Crippen LogP contribution in [-0.2, 0) is 13.0 Å². The highest BCUT2D eigenvalue weighted by molar-refractivity contribution is 5.94. The number of nitrogens with zero attached hydrogens (tertiary/aromatic N) is 1. The number of carbonyl (C=O) groups is 1. The molecule has 0 fully saturated rings. The summed E-state index contributed by atoms with van der Waals surface area (Å²) in [5.74, 6) is -0.0697. The predicted octanol–water partition coefficient (Wildman–Crippen LogP) is 3.68. The first kappa shape index (κ1) is 19.6. The number of fused-ring (bicyclic) bond motifs is 1. The molecule has 1 aliphatic rings. The molecule has 0 unspecified atom stereocenters. The minimum absolute atomic E-state index is 0. The van der Waals surface area contributed by atoms with Crippen molar-refractivity contribution in [3.05, 3.63) is 82.7 Å². The second-order valence-electron chi connectivity index (χ2n) is 7.01. The van der Waals surface area contributed by atoms with E-state index in [1.165, 1.54) is 16.8 Å². The van der Waals surface area contributed by atoms with Crippen molar-refractivity contribution in [1.29, 1.82) is 0 Å². The highest BCUT2D eigenvalue weighted by atomic mass is 16.1. The van der Waals surface area contributed by atoms with E-state index in [2.05, 4.69) is 33.8 Å². The molecule has 146 valence electrons. The summed E-state index contributed by atoms with van der Waals surface area (Å²) in [7, 11) is 0. The molecule has 0 bridgehead atoms. The van der Waals surface area contributed by atoms with Crippen LogP contribution >= 0.6 is 0 Å². The first-order valence-electron chi connectivity index (χ1n) is 9.29. The van der Waals surface area contributed by atoms with Crippen molar-refractivity contribution in [3.63, 3.8) is 0 Å². The number of hydrogen-bond donors (Lipinski definition) is 2. The van der Waals surface area contributed by atoms with Gasteiger partial charge in [-0.25, -0.2) is 0 Å². The van der Waals surface area contributed by atoms with Crippen molar-refractivity contribution in [2.75, 3.05) is 11.9 Å².